The summed E-state index contributed by atoms with van der Waals surface area (Å²) in [6.45, 7) is 1.68. The van der Waals surface area contributed by atoms with Gasteiger partial charge in [-0.25, -0.2) is 8.42 Å². The minimum Gasteiger partial charge on any atom is -0.497 e. The van der Waals surface area contributed by atoms with Crippen LogP contribution in [0.15, 0.2) is 53.4 Å². The van der Waals surface area contributed by atoms with Crippen molar-refractivity contribution in [1.29, 1.82) is 0 Å². The Kier molecular flexibility index (Phi) is 5.70. The Labute approximate surface area is 169 Å². The molecule has 2 aromatic carbocycles. The minimum atomic E-state index is -3.85. The summed E-state index contributed by atoms with van der Waals surface area (Å²) in [6.07, 6.45) is 0. The third-order valence-electron chi connectivity index (χ3n) is 5.20. The van der Waals surface area contributed by atoms with Crippen LogP contribution in [-0.2, 0) is 19.4 Å². The number of sulfone groups is 1. The lowest BCUT2D eigenvalue weighted by molar-refractivity contribution is -0.149. The Bertz CT molecular complexity index is 959. The number of nitrogens with two attached hydrogens (primary N) is 1. The van der Waals surface area contributed by atoms with Crippen LogP contribution in [0.1, 0.15) is 18.4 Å². The van der Waals surface area contributed by atoms with E-state index in [1.54, 1.807) is 38.3 Å². The largest absolute Gasteiger partial charge is 0.497 e. The number of benzene rings is 2. The first kappa shape index (κ1) is 20.6. The fourth-order valence-electron chi connectivity index (χ4n) is 3.75. The average molecular weight is 424 g/mol. The summed E-state index contributed by atoms with van der Waals surface area (Å²) in [5.41, 5.74) is 5.33. The molecule has 28 heavy (non-hydrogen) atoms. The highest BCUT2D eigenvalue weighted by Crippen LogP contribution is 2.64. The lowest BCUT2D eigenvalue weighted by atomic mass is 9.99. The predicted octanol–water partition coefficient (Wildman–Crippen LogP) is 2.80. The Morgan fingerprint density at radius 3 is 2.25 bits per heavy atom. The van der Waals surface area contributed by atoms with Crippen LogP contribution < -0.4 is 10.5 Å². The van der Waals surface area contributed by atoms with E-state index >= 15 is 0 Å². The molecule has 1 aliphatic carbocycles. The number of carbonyl (C=O) groups is 1. The summed E-state index contributed by atoms with van der Waals surface area (Å²) >= 11 is 5.88. The molecular weight excluding hydrogens is 402 g/mol. The van der Waals surface area contributed by atoms with Gasteiger partial charge in [0, 0.05) is 17.5 Å². The molecule has 3 rings (SSSR count). The second-order valence-electron chi connectivity index (χ2n) is 6.64. The van der Waals surface area contributed by atoms with E-state index in [1.807, 2.05) is 0 Å². The standard InChI is InChI=1S/C20H22ClNO5S/c1-3-27-19(23)20(12-22)17(13-4-8-15(26-2)9-5-13)18(20)28(24,25)16-10-6-14(21)7-11-16/h4-11,17-18H,3,12,22H2,1-2H3/t17-,18-,20-/m1/s1. The Balaban J connectivity index is 2.09. The highest BCUT2D eigenvalue weighted by molar-refractivity contribution is 7.92. The van der Waals surface area contributed by atoms with Crippen molar-refractivity contribution >= 4 is 27.4 Å². The van der Waals surface area contributed by atoms with Crippen molar-refractivity contribution in [3.63, 3.8) is 0 Å². The molecule has 0 spiro atoms. The smallest absolute Gasteiger partial charge is 0.315 e. The van der Waals surface area contributed by atoms with Crippen LogP contribution in [0.5, 0.6) is 5.75 Å². The topological polar surface area (TPSA) is 95.7 Å². The average Bonchev–Trinajstić information content (AvgIpc) is 3.40. The Morgan fingerprint density at radius 1 is 1.14 bits per heavy atom. The summed E-state index contributed by atoms with van der Waals surface area (Å²) in [7, 11) is -2.30. The highest BCUT2D eigenvalue weighted by Gasteiger charge is 2.75. The van der Waals surface area contributed by atoms with Crippen LogP contribution in [-0.4, -0.2) is 39.9 Å². The second kappa shape index (κ2) is 7.73. The van der Waals surface area contributed by atoms with Gasteiger partial charge in [-0.1, -0.05) is 23.7 Å². The number of methoxy groups -OCH3 is 1. The van der Waals surface area contributed by atoms with Crippen LogP contribution >= 0.6 is 11.6 Å². The summed E-state index contributed by atoms with van der Waals surface area (Å²) in [6, 6.07) is 12.9. The van der Waals surface area contributed by atoms with Gasteiger partial charge in [-0.15, -0.1) is 0 Å². The van der Waals surface area contributed by atoms with Gasteiger partial charge in [0.05, 0.1) is 23.9 Å². The van der Waals surface area contributed by atoms with Gasteiger partial charge >= 0.3 is 5.97 Å². The van der Waals surface area contributed by atoms with E-state index in [0.717, 1.165) is 0 Å². The SMILES string of the molecule is CCOC(=O)[C@]1(CN)[C@H](c2ccc(OC)cc2)[C@H]1S(=O)(=O)c1ccc(Cl)cc1. The van der Waals surface area contributed by atoms with E-state index in [1.165, 1.54) is 24.3 Å². The van der Waals surface area contributed by atoms with E-state index in [2.05, 4.69) is 0 Å². The molecule has 0 saturated heterocycles. The van der Waals surface area contributed by atoms with Crippen molar-refractivity contribution in [2.24, 2.45) is 11.1 Å². The number of halogens is 1. The van der Waals surface area contributed by atoms with Gasteiger partial charge in [0.25, 0.3) is 0 Å². The molecule has 0 aliphatic heterocycles. The summed E-state index contributed by atoms with van der Waals surface area (Å²) in [4.78, 5) is 12.9. The molecule has 1 fully saturated rings. The lowest BCUT2D eigenvalue weighted by Crippen LogP contribution is -2.33. The second-order valence-corrected chi connectivity index (χ2v) is 9.14. The third kappa shape index (κ3) is 3.27. The van der Waals surface area contributed by atoms with Crippen LogP contribution in [0, 0.1) is 5.41 Å². The molecule has 0 unspecified atom stereocenters. The van der Waals surface area contributed by atoms with Crippen LogP contribution in [0.3, 0.4) is 0 Å². The quantitative estimate of drug-likeness (QED) is 0.688. The van der Waals surface area contributed by atoms with Gasteiger partial charge < -0.3 is 15.2 Å². The summed E-state index contributed by atoms with van der Waals surface area (Å²) in [5.74, 6) is -0.569. The molecule has 8 heteroatoms. The van der Waals surface area contributed by atoms with Crippen molar-refractivity contribution in [2.45, 2.75) is 23.0 Å². The molecule has 1 saturated carbocycles. The molecule has 0 bridgehead atoms. The number of carbonyl (C=O) groups excluding carboxylic acids is 1. The first-order chi connectivity index (χ1) is 13.3. The predicted molar refractivity (Wildman–Crippen MR) is 106 cm³/mol. The number of ether oxygens (including phenoxy) is 2. The fourth-order valence-corrected chi connectivity index (χ4v) is 6.26. The van der Waals surface area contributed by atoms with Crippen LogP contribution in [0.4, 0.5) is 0 Å². The number of hydrogen-bond donors (Lipinski definition) is 1. The van der Waals surface area contributed by atoms with E-state index in [4.69, 9.17) is 26.8 Å². The zero-order valence-electron chi connectivity index (χ0n) is 15.6. The van der Waals surface area contributed by atoms with E-state index < -0.39 is 32.4 Å². The van der Waals surface area contributed by atoms with E-state index in [0.29, 0.717) is 16.3 Å². The van der Waals surface area contributed by atoms with Crippen molar-refractivity contribution < 1.29 is 22.7 Å². The van der Waals surface area contributed by atoms with Crippen LogP contribution in [0.2, 0.25) is 5.02 Å². The van der Waals surface area contributed by atoms with Crippen molar-refractivity contribution in [1.82, 2.24) is 0 Å². The maximum absolute atomic E-state index is 13.4. The van der Waals surface area contributed by atoms with Crippen molar-refractivity contribution in [3.05, 3.63) is 59.1 Å². The molecular formula is C20H22ClNO5S. The number of rotatable bonds is 7. The van der Waals surface area contributed by atoms with Gasteiger partial charge in [-0.3, -0.25) is 4.79 Å². The highest BCUT2D eigenvalue weighted by atomic mass is 35.5. The molecule has 0 heterocycles. The summed E-state index contributed by atoms with van der Waals surface area (Å²) in [5, 5.41) is -0.587. The third-order valence-corrected chi connectivity index (χ3v) is 7.74. The Morgan fingerprint density at radius 2 is 1.75 bits per heavy atom. The number of esters is 1. The maximum atomic E-state index is 13.4. The molecule has 0 radical (unpaired) electrons. The van der Waals surface area contributed by atoms with Gasteiger partial charge in [0.1, 0.15) is 11.2 Å². The molecule has 2 N–H and O–H groups in total. The fraction of sp³-hybridized carbons (Fsp3) is 0.350. The zero-order valence-corrected chi connectivity index (χ0v) is 17.2. The lowest BCUT2D eigenvalue weighted by Gasteiger charge is -2.14. The van der Waals surface area contributed by atoms with Crippen LogP contribution in [0.25, 0.3) is 0 Å². The molecule has 2 aromatic rings. The van der Waals surface area contributed by atoms with E-state index in [9.17, 15) is 13.2 Å². The maximum Gasteiger partial charge on any atom is 0.315 e. The van der Waals surface area contributed by atoms with Gasteiger partial charge in [0.15, 0.2) is 9.84 Å². The van der Waals surface area contributed by atoms with Crippen molar-refractivity contribution in [3.8, 4) is 5.75 Å². The Hall–Kier alpha value is -2.09. The monoisotopic (exact) mass is 423 g/mol. The minimum absolute atomic E-state index is 0.0973. The normalized spacial score (nSPS) is 23.9. The molecule has 0 amide bonds. The summed E-state index contributed by atoms with van der Waals surface area (Å²) < 4.78 is 37.1. The first-order valence-electron chi connectivity index (χ1n) is 8.83. The molecule has 1 aliphatic rings. The van der Waals surface area contributed by atoms with Gasteiger partial charge in [0.2, 0.25) is 0 Å². The first-order valence-corrected chi connectivity index (χ1v) is 10.8. The van der Waals surface area contributed by atoms with E-state index in [-0.39, 0.29) is 18.0 Å². The van der Waals surface area contributed by atoms with Crippen molar-refractivity contribution in [2.75, 3.05) is 20.3 Å². The molecule has 0 aromatic heterocycles. The molecule has 6 nitrogen and oxygen atoms in total. The van der Waals surface area contributed by atoms with Gasteiger partial charge in [-0.2, -0.15) is 0 Å². The zero-order chi connectivity index (χ0) is 20.5. The number of hydrogen-bond acceptors (Lipinski definition) is 6. The van der Waals surface area contributed by atoms with Gasteiger partial charge in [-0.05, 0) is 48.9 Å². The molecule has 3 atom stereocenters. The molecule has 150 valence electrons.